The van der Waals surface area contributed by atoms with Gasteiger partial charge in [-0.15, -0.1) is 0 Å². The van der Waals surface area contributed by atoms with Crippen molar-refractivity contribution in [3.63, 3.8) is 0 Å². The number of ether oxygens (including phenoxy) is 1. The molecule has 1 aliphatic heterocycles. The number of benzene rings is 1. The largest absolute Gasteiger partial charge is 0.383 e. The Hall–Kier alpha value is -2.02. The molecule has 0 aliphatic carbocycles. The van der Waals surface area contributed by atoms with Gasteiger partial charge in [0.15, 0.2) is 0 Å². The molecule has 2 aromatic rings. The number of nitrogens with one attached hydrogen (secondary N) is 1. The predicted octanol–water partition coefficient (Wildman–Crippen LogP) is 2.29. The van der Waals surface area contributed by atoms with Crippen LogP contribution in [0.4, 0.5) is 0 Å². The van der Waals surface area contributed by atoms with E-state index < -0.39 is 0 Å². The Morgan fingerprint density at radius 2 is 2.07 bits per heavy atom. The van der Waals surface area contributed by atoms with E-state index in [4.69, 9.17) is 4.74 Å². The van der Waals surface area contributed by atoms with Crippen molar-refractivity contribution < 1.29 is 4.74 Å². The molecule has 6 heteroatoms. The Labute approximate surface area is 161 Å². The van der Waals surface area contributed by atoms with Gasteiger partial charge in [-0.1, -0.05) is 18.2 Å². The number of aryl methyl sites for hydroxylation is 1. The first kappa shape index (κ1) is 19.7. The monoisotopic (exact) mass is 370 g/mol. The zero-order valence-electron chi connectivity index (χ0n) is 16.6. The zero-order valence-corrected chi connectivity index (χ0v) is 16.6. The summed E-state index contributed by atoms with van der Waals surface area (Å²) in [5.41, 5.74) is 2.79. The SMILES string of the molecule is COCCN(Cc1cccc(-c2nc(C)cc(=O)[nH]2)c1)C1CCN(C)CC1. The lowest BCUT2D eigenvalue weighted by Crippen LogP contribution is -2.44. The van der Waals surface area contributed by atoms with Gasteiger partial charge in [-0.25, -0.2) is 4.98 Å². The second kappa shape index (κ2) is 9.26. The van der Waals surface area contributed by atoms with Gasteiger partial charge in [-0.2, -0.15) is 0 Å². The van der Waals surface area contributed by atoms with E-state index in [0.717, 1.165) is 44.0 Å². The lowest BCUT2D eigenvalue weighted by molar-refractivity contribution is 0.0802. The van der Waals surface area contributed by atoms with Crippen molar-refractivity contribution in [2.24, 2.45) is 0 Å². The Morgan fingerprint density at radius 3 is 2.78 bits per heavy atom. The minimum absolute atomic E-state index is 0.115. The maximum atomic E-state index is 11.8. The molecule has 0 unspecified atom stereocenters. The maximum absolute atomic E-state index is 11.8. The van der Waals surface area contributed by atoms with Gasteiger partial charge in [-0.3, -0.25) is 9.69 Å². The van der Waals surface area contributed by atoms with E-state index in [1.165, 1.54) is 24.5 Å². The van der Waals surface area contributed by atoms with Gasteiger partial charge < -0.3 is 14.6 Å². The number of H-pyrrole nitrogens is 1. The number of aromatic amines is 1. The molecule has 2 heterocycles. The summed E-state index contributed by atoms with van der Waals surface area (Å²) in [5, 5.41) is 0. The van der Waals surface area contributed by atoms with Crippen LogP contribution >= 0.6 is 0 Å². The van der Waals surface area contributed by atoms with Crippen molar-refractivity contribution >= 4 is 0 Å². The first-order valence-corrected chi connectivity index (χ1v) is 9.64. The van der Waals surface area contributed by atoms with Crippen molar-refractivity contribution in [2.75, 3.05) is 40.4 Å². The van der Waals surface area contributed by atoms with Crippen LogP contribution in [-0.2, 0) is 11.3 Å². The third-order valence-electron chi connectivity index (χ3n) is 5.24. The number of rotatable bonds is 7. The molecule has 1 aromatic carbocycles. The lowest BCUT2D eigenvalue weighted by Gasteiger charge is -2.37. The number of nitrogens with zero attached hydrogens (tertiary/aromatic N) is 3. The molecule has 0 saturated carbocycles. The molecule has 27 heavy (non-hydrogen) atoms. The minimum Gasteiger partial charge on any atom is -0.383 e. The minimum atomic E-state index is -0.115. The molecule has 0 spiro atoms. The maximum Gasteiger partial charge on any atom is 0.251 e. The van der Waals surface area contributed by atoms with Crippen molar-refractivity contribution in [1.29, 1.82) is 0 Å². The zero-order chi connectivity index (χ0) is 19.2. The van der Waals surface area contributed by atoms with E-state index in [0.29, 0.717) is 11.9 Å². The third-order valence-corrected chi connectivity index (χ3v) is 5.24. The molecule has 0 radical (unpaired) electrons. The summed E-state index contributed by atoms with van der Waals surface area (Å²) in [6.45, 7) is 6.66. The van der Waals surface area contributed by atoms with E-state index >= 15 is 0 Å². The Balaban J connectivity index is 1.78. The molecular formula is C21H30N4O2. The summed E-state index contributed by atoms with van der Waals surface area (Å²) < 4.78 is 5.34. The third kappa shape index (κ3) is 5.48. The van der Waals surface area contributed by atoms with Gasteiger partial charge >= 0.3 is 0 Å². The highest BCUT2D eigenvalue weighted by atomic mass is 16.5. The molecule has 3 rings (SSSR count). The second-order valence-electron chi connectivity index (χ2n) is 7.43. The summed E-state index contributed by atoms with van der Waals surface area (Å²) in [6, 6.07) is 10.4. The van der Waals surface area contributed by atoms with E-state index in [9.17, 15) is 4.79 Å². The average molecular weight is 370 g/mol. The Kier molecular flexibility index (Phi) is 6.77. The highest BCUT2D eigenvalue weighted by Crippen LogP contribution is 2.21. The summed E-state index contributed by atoms with van der Waals surface area (Å²) in [7, 11) is 3.95. The molecule has 0 bridgehead atoms. The molecule has 1 N–H and O–H groups in total. The fraction of sp³-hybridized carbons (Fsp3) is 0.524. The van der Waals surface area contributed by atoms with E-state index in [1.54, 1.807) is 7.11 Å². The molecule has 146 valence electrons. The van der Waals surface area contributed by atoms with Crippen LogP contribution in [0.5, 0.6) is 0 Å². The number of hydrogen-bond acceptors (Lipinski definition) is 5. The van der Waals surface area contributed by atoms with Gasteiger partial charge in [0.25, 0.3) is 5.56 Å². The van der Waals surface area contributed by atoms with Gasteiger partial charge in [-0.05, 0) is 51.5 Å². The summed E-state index contributed by atoms with van der Waals surface area (Å²) in [6.07, 6.45) is 2.37. The van der Waals surface area contributed by atoms with E-state index in [1.807, 2.05) is 19.1 Å². The van der Waals surface area contributed by atoms with Crippen molar-refractivity contribution in [3.8, 4) is 11.4 Å². The molecular weight excluding hydrogens is 340 g/mol. The average Bonchev–Trinajstić information content (AvgIpc) is 2.65. The van der Waals surface area contributed by atoms with Crippen LogP contribution in [0.15, 0.2) is 35.1 Å². The topological polar surface area (TPSA) is 61.5 Å². The molecule has 1 saturated heterocycles. The number of hydrogen-bond donors (Lipinski definition) is 1. The van der Waals surface area contributed by atoms with Crippen molar-refractivity contribution in [3.05, 3.63) is 51.9 Å². The van der Waals surface area contributed by atoms with Crippen molar-refractivity contribution in [2.45, 2.75) is 32.4 Å². The molecule has 1 aliphatic rings. The number of piperidine rings is 1. The molecule has 0 amide bonds. The van der Waals surface area contributed by atoms with E-state index in [-0.39, 0.29) is 5.56 Å². The molecule has 0 atom stereocenters. The smallest absolute Gasteiger partial charge is 0.251 e. The summed E-state index contributed by atoms with van der Waals surface area (Å²) in [5.74, 6) is 0.629. The van der Waals surface area contributed by atoms with E-state index in [2.05, 4.69) is 38.9 Å². The van der Waals surface area contributed by atoms with Crippen molar-refractivity contribution in [1.82, 2.24) is 19.8 Å². The second-order valence-corrected chi connectivity index (χ2v) is 7.43. The summed E-state index contributed by atoms with van der Waals surface area (Å²) >= 11 is 0. The number of likely N-dealkylation sites (tertiary alicyclic amines) is 1. The van der Waals surface area contributed by atoms with Crippen LogP contribution in [0.2, 0.25) is 0 Å². The fourth-order valence-corrected chi connectivity index (χ4v) is 3.73. The van der Waals surface area contributed by atoms with Gasteiger partial charge in [0.2, 0.25) is 0 Å². The first-order valence-electron chi connectivity index (χ1n) is 9.64. The predicted molar refractivity (Wildman–Crippen MR) is 108 cm³/mol. The number of methoxy groups -OCH3 is 1. The van der Waals surface area contributed by atoms with Crippen LogP contribution in [0, 0.1) is 6.92 Å². The first-order chi connectivity index (χ1) is 13.0. The highest BCUT2D eigenvalue weighted by Gasteiger charge is 2.23. The Morgan fingerprint density at radius 1 is 1.30 bits per heavy atom. The highest BCUT2D eigenvalue weighted by molar-refractivity contribution is 5.55. The normalized spacial score (nSPS) is 16.1. The summed E-state index contributed by atoms with van der Waals surface area (Å²) in [4.78, 5) is 24.0. The lowest BCUT2D eigenvalue weighted by atomic mass is 10.0. The quantitative estimate of drug-likeness (QED) is 0.810. The fourth-order valence-electron chi connectivity index (χ4n) is 3.73. The van der Waals surface area contributed by atoms with Gasteiger partial charge in [0.1, 0.15) is 5.82 Å². The standard InChI is InChI=1S/C21H30N4O2/c1-16-13-20(26)23-21(22-16)18-6-4-5-17(14-18)15-25(11-12-27-3)19-7-9-24(2)10-8-19/h4-6,13-14,19H,7-12,15H2,1-3H3,(H,22,23,26). The molecule has 1 fully saturated rings. The van der Waals surface area contributed by atoms with Crippen LogP contribution in [-0.4, -0.2) is 66.2 Å². The molecule has 1 aromatic heterocycles. The number of aromatic nitrogens is 2. The van der Waals surface area contributed by atoms with Gasteiger partial charge in [0.05, 0.1) is 6.61 Å². The van der Waals surface area contributed by atoms with Crippen LogP contribution in [0.1, 0.15) is 24.1 Å². The van der Waals surface area contributed by atoms with Crippen LogP contribution in [0.3, 0.4) is 0 Å². The Bertz CT molecular complexity index is 797. The molecule has 6 nitrogen and oxygen atoms in total. The van der Waals surface area contributed by atoms with Crippen LogP contribution in [0.25, 0.3) is 11.4 Å². The van der Waals surface area contributed by atoms with Crippen LogP contribution < -0.4 is 5.56 Å². The van der Waals surface area contributed by atoms with Gasteiger partial charge in [0, 0.05) is 43.6 Å².